The molecule has 0 radical (unpaired) electrons. The molecule has 0 saturated carbocycles. The van der Waals surface area contributed by atoms with Crippen molar-refractivity contribution in [1.29, 1.82) is 0 Å². The average molecular weight is 363 g/mol. The molecule has 25 heavy (non-hydrogen) atoms. The Hall–Kier alpha value is -2.61. The van der Waals surface area contributed by atoms with E-state index in [9.17, 15) is 13.6 Å². The molecule has 130 valence electrons. The van der Waals surface area contributed by atoms with E-state index in [1.807, 2.05) is 17.5 Å². The Morgan fingerprint density at radius 1 is 1.32 bits per heavy atom. The fourth-order valence-corrected chi connectivity index (χ4v) is 2.91. The van der Waals surface area contributed by atoms with Gasteiger partial charge in [-0.2, -0.15) is 4.98 Å². The number of aryl methyl sites for hydroxylation is 1. The van der Waals surface area contributed by atoms with Gasteiger partial charge in [0.2, 0.25) is 17.6 Å². The van der Waals surface area contributed by atoms with Crippen LogP contribution in [0.25, 0.3) is 10.7 Å². The quantitative estimate of drug-likeness (QED) is 0.670. The number of thiophene rings is 1. The van der Waals surface area contributed by atoms with Gasteiger partial charge in [0.15, 0.2) is 0 Å². The first kappa shape index (κ1) is 17.2. The van der Waals surface area contributed by atoms with E-state index in [0.29, 0.717) is 18.1 Å². The van der Waals surface area contributed by atoms with Crippen LogP contribution < -0.4 is 0 Å². The second-order valence-corrected chi connectivity index (χ2v) is 6.42. The summed E-state index contributed by atoms with van der Waals surface area (Å²) in [6, 6.07) is 7.08. The molecule has 3 aromatic rings. The predicted molar refractivity (Wildman–Crippen MR) is 88.8 cm³/mol. The van der Waals surface area contributed by atoms with E-state index in [1.165, 1.54) is 28.4 Å². The fraction of sp³-hybridized carbons (Fsp3) is 0.235. The van der Waals surface area contributed by atoms with Crippen LogP contribution in [0.3, 0.4) is 0 Å². The number of hydrogen-bond acceptors (Lipinski definition) is 5. The largest absolute Gasteiger partial charge is 0.341 e. The minimum atomic E-state index is -0.669. The number of carbonyl (C=O) groups is 1. The van der Waals surface area contributed by atoms with Gasteiger partial charge in [-0.1, -0.05) is 17.3 Å². The van der Waals surface area contributed by atoms with Crippen molar-refractivity contribution >= 4 is 17.2 Å². The molecular formula is C17H15F2N3O2S. The lowest BCUT2D eigenvalue weighted by Gasteiger charge is -2.17. The van der Waals surface area contributed by atoms with Gasteiger partial charge in [0.25, 0.3) is 0 Å². The van der Waals surface area contributed by atoms with Crippen molar-refractivity contribution in [2.45, 2.75) is 19.4 Å². The molecule has 0 aliphatic rings. The first-order valence-corrected chi connectivity index (χ1v) is 8.45. The molecule has 0 bridgehead atoms. The van der Waals surface area contributed by atoms with Crippen molar-refractivity contribution in [3.63, 3.8) is 0 Å². The number of carbonyl (C=O) groups excluding carboxylic acids is 1. The van der Waals surface area contributed by atoms with Crippen LogP contribution in [-0.2, 0) is 17.8 Å². The summed E-state index contributed by atoms with van der Waals surface area (Å²) in [4.78, 5) is 18.7. The number of nitrogens with zero attached hydrogens (tertiary/aromatic N) is 3. The van der Waals surface area contributed by atoms with Crippen molar-refractivity contribution in [3.8, 4) is 10.7 Å². The van der Waals surface area contributed by atoms with Gasteiger partial charge in [0, 0.05) is 38.1 Å². The molecule has 0 aliphatic carbocycles. The highest BCUT2D eigenvalue weighted by molar-refractivity contribution is 7.13. The molecule has 0 aliphatic heterocycles. The third kappa shape index (κ3) is 4.27. The molecular weight excluding hydrogens is 348 g/mol. The molecule has 0 fully saturated rings. The van der Waals surface area contributed by atoms with E-state index < -0.39 is 11.6 Å². The van der Waals surface area contributed by atoms with Crippen LogP contribution in [0.2, 0.25) is 0 Å². The molecule has 1 amide bonds. The van der Waals surface area contributed by atoms with Gasteiger partial charge >= 0.3 is 0 Å². The zero-order chi connectivity index (χ0) is 17.8. The van der Waals surface area contributed by atoms with Gasteiger partial charge in [0.05, 0.1) is 4.88 Å². The minimum Gasteiger partial charge on any atom is -0.341 e. The van der Waals surface area contributed by atoms with Gasteiger partial charge in [-0.25, -0.2) is 8.78 Å². The van der Waals surface area contributed by atoms with Crippen LogP contribution in [0.4, 0.5) is 8.78 Å². The second-order valence-electron chi connectivity index (χ2n) is 5.47. The summed E-state index contributed by atoms with van der Waals surface area (Å²) in [5.74, 6) is -0.637. The molecule has 0 unspecified atom stereocenters. The van der Waals surface area contributed by atoms with Crippen LogP contribution in [-0.4, -0.2) is 28.0 Å². The molecule has 0 spiro atoms. The highest BCUT2D eigenvalue weighted by atomic mass is 32.1. The molecule has 0 saturated heterocycles. The molecule has 0 atom stereocenters. The standard InChI is InChI=1S/C17H15F2N3O2S/c1-22(10-11-4-5-12(18)9-13(11)19)16(23)7-6-15-20-17(21-24-15)14-3-2-8-25-14/h2-5,8-9H,6-7,10H2,1H3. The summed E-state index contributed by atoms with van der Waals surface area (Å²) in [5.41, 5.74) is 0.259. The number of amides is 1. The van der Waals surface area contributed by atoms with Gasteiger partial charge in [-0.3, -0.25) is 4.79 Å². The summed E-state index contributed by atoms with van der Waals surface area (Å²) in [6.07, 6.45) is 0.457. The molecule has 1 aromatic carbocycles. The van der Waals surface area contributed by atoms with Crippen molar-refractivity contribution in [2.75, 3.05) is 7.05 Å². The van der Waals surface area contributed by atoms with Crippen molar-refractivity contribution in [3.05, 3.63) is 58.8 Å². The summed E-state index contributed by atoms with van der Waals surface area (Å²) < 4.78 is 31.7. The van der Waals surface area contributed by atoms with E-state index in [4.69, 9.17) is 4.52 Å². The second kappa shape index (κ2) is 7.52. The number of halogens is 2. The van der Waals surface area contributed by atoms with Crippen LogP contribution >= 0.6 is 11.3 Å². The van der Waals surface area contributed by atoms with Gasteiger partial charge in [-0.05, 0) is 17.5 Å². The molecule has 0 N–H and O–H groups in total. The Labute approximate surface area is 146 Å². The third-order valence-corrected chi connectivity index (χ3v) is 4.48. The summed E-state index contributed by atoms with van der Waals surface area (Å²) in [6.45, 7) is 0.0647. The van der Waals surface area contributed by atoms with Crippen molar-refractivity contribution < 1.29 is 18.1 Å². The van der Waals surface area contributed by atoms with Crippen LogP contribution in [0.15, 0.2) is 40.2 Å². The Balaban J connectivity index is 1.55. The lowest BCUT2D eigenvalue weighted by molar-refractivity contribution is -0.130. The monoisotopic (exact) mass is 363 g/mol. The van der Waals surface area contributed by atoms with Crippen LogP contribution in [0.5, 0.6) is 0 Å². The van der Waals surface area contributed by atoms with E-state index in [0.717, 1.165) is 10.9 Å². The molecule has 8 heteroatoms. The summed E-state index contributed by atoms with van der Waals surface area (Å²) >= 11 is 1.50. The molecule has 3 rings (SSSR count). The Morgan fingerprint density at radius 3 is 2.88 bits per heavy atom. The van der Waals surface area contributed by atoms with Crippen LogP contribution in [0, 0.1) is 11.6 Å². The van der Waals surface area contributed by atoms with Gasteiger partial charge in [0.1, 0.15) is 11.6 Å². The number of rotatable bonds is 6. The predicted octanol–water partition coefficient (Wildman–Crippen LogP) is 3.67. The van der Waals surface area contributed by atoms with E-state index in [-0.39, 0.29) is 24.4 Å². The third-order valence-electron chi connectivity index (χ3n) is 3.61. The first-order chi connectivity index (χ1) is 12.0. The Bertz CT molecular complexity index is 865. The minimum absolute atomic E-state index is 0.0647. The summed E-state index contributed by atoms with van der Waals surface area (Å²) in [7, 11) is 1.57. The average Bonchev–Trinajstić information content (AvgIpc) is 3.26. The van der Waals surface area contributed by atoms with Crippen LogP contribution in [0.1, 0.15) is 17.9 Å². The maximum atomic E-state index is 13.7. The Morgan fingerprint density at radius 2 is 2.16 bits per heavy atom. The summed E-state index contributed by atoms with van der Waals surface area (Å²) in [5, 5.41) is 5.80. The highest BCUT2D eigenvalue weighted by Gasteiger charge is 2.15. The van der Waals surface area contributed by atoms with E-state index in [2.05, 4.69) is 10.1 Å². The maximum Gasteiger partial charge on any atom is 0.227 e. The lowest BCUT2D eigenvalue weighted by Crippen LogP contribution is -2.26. The van der Waals surface area contributed by atoms with E-state index >= 15 is 0 Å². The SMILES string of the molecule is CN(Cc1ccc(F)cc1F)C(=O)CCc1nc(-c2cccs2)no1. The number of aromatic nitrogens is 2. The van der Waals surface area contributed by atoms with Gasteiger partial charge < -0.3 is 9.42 Å². The normalized spacial score (nSPS) is 10.8. The smallest absolute Gasteiger partial charge is 0.227 e. The number of benzene rings is 1. The van der Waals surface area contributed by atoms with Gasteiger partial charge in [-0.15, -0.1) is 11.3 Å². The maximum absolute atomic E-state index is 13.7. The highest BCUT2D eigenvalue weighted by Crippen LogP contribution is 2.21. The zero-order valence-electron chi connectivity index (χ0n) is 13.4. The number of hydrogen-bond donors (Lipinski definition) is 0. The van der Waals surface area contributed by atoms with Crippen molar-refractivity contribution in [1.82, 2.24) is 15.0 Å². The molecule has 2 heterocycles. The lowest BCUT2D eigenvalue weighted by atomic mass is 10.2. The Kier molecular flexibility index (Phi) is 5.18. The van der Waals surface area contributed by atoms with Crippen molar-refractivity contribution in [2.24, 2.45) is 0 Å². The topological polar surface area (TPSA) is 59.2 Å². The van der Waals surface area contributed by atoms with E-state index in [1.54, 1.807) is 7.05 Å². The molecule has 5 nitrogen and oxygen atoms in total. The zero-order valence-corrected chi connectivity index (χ0v) is 14.2. The fourth-order valence-electron chi connectivity index (χ4n) is 2.26. The first-order valence-electron chi connectivity index (χ1n) is 7.57. The molecule has 2 aromatic heterocycles.